The van der Waals surface area contributed by atoms with Gasteiger partial charge in [0.1, 0.15) is 11.5 Å². The van der Waals surface area contributed by atoms with Gasteiger partial charge in [0.25, 0.3) is 0 Å². The van der Waals surface area contributed by atoms with Gasteiger partial charge < -0.3 is 9.80 Å². The Morgan fingerprint density at radius 1 is 1.17 bits per heavy atom. The van der Waals surface area contributed by atoms with Crippen LogP contribution in [0, 0.1) is 5.41 Å². The molecule has 1 atom stereocenters. The molecule has 0 bridgehead atoms. The van der Waals surface area contributed by atoms with E-state index < -0.39 is 5.41 Å². The molecule has 1 aromatic carbocycles. The van der Waals surface area contributed by atoms with Gasteiger partial charge in [0.15, 0.2) is 5.82 Å². The fourth-order valence-corrected chi connectivity index (χ4v) is 5.04. The summed E-state index contributed by atoms with van der Waals surface area (Å²) in [7, 11) is 1.86. The number of carbonyl (C=O) groups is 1. The molecule has 30 heavy (non-hydrogen) atoms. The van der Waals surface area contributed by atoms with E-state index in [2.05, 4.69) is 56.0 Å². The lowest BCUT2D eigenvalue weighted by Crippen LogP contribution is -2.45. The molecule has 0 N–H and O–H groups in total. The van der Waals surface area contributed by atoms with E-state index in [0.717, 1.165) is 30.2 Å². The number of anilines is 2. The maximum absolute atomic E-state index is 13.1. The highest BCUT2D eigenvalue weighted by Gasteiger charge is 2.41. The van der Waals surface area contributed by atoms with Crippen molar-refractivity contribution in [2.45, 2.75) is 71.3 Å². The molecule has 1 amide bonds. The van der Waals surface area contributed by atoms with Crippen molar-refractivity contribution in [1.82, 2.24) is 9.97 Å². The van der Waals surface area contributed by atoms with Crippen molar-refractivity contribution in [3.63, 3.8) is 0 Å². The molecule has 1 aromatic heterocycles. The van der Waals surface area contributed by atoms with Gasteiger partial charge in [-0.15, -0.1) is 0 Å². The number of benzene rings is 1. The maximum Gasteiger partial charge on any atom is 0.234 e. The highest BCUT2D eigenvalue weighted by atomic mass is 16.2. The number of carbonyl (C=O) groups excluding carboxylic acids is 1. The summed E-state index contributed by atoms with van der Waals surface area (Å²) in [6, 6.07) is 11.1. The summed E-state index contributed by atoms with van der Waals surface area (Å²) in [5.74, 6) is 2.34. The maximum atomic E-state index is 13.1. The van der Waals surface area contributed by atoms with Crippen LogP contribution in [0.5, 0.6) is 0 Å². The summed E-state index contributed by atoms with van der Waals surface area (Å²) in [5.41, 5.74) is 1.72. The third kappa shape index (κ3) is 3.94. The summed E-state index contributed by atoms with van der Waals surface area (Å²) in [5, 5.41) is 0. The van der Waals surface area contributed by atoms with Gasteiger partial charge in [-0.1, -0.05) is 50.1 Å². The predicted octanol–water partition coefficient (Wildman–Crippen LogP) is 4.96. The number of rotatable bonds is 5. The average Bonchev–Trinajstić information content (AvgIpc) is 3.28. The van der Waals surface area contributed by atoms with Crippen molar-refractivity contribution in [1.29, 1.82) is 0 Å². The number of aromatic nitrogens is 2. The van der Waals surface area contributed by atoms with Crippen LogP contribution in [0.4, 0.5) is 11.5 Å². The molecule has 2 aromatic rings. The van der Waals surface area contributed by atoms with Crippen LogP contribution in [0.3, 0.4) is 0 Å². The van der Waals surface area contributed by atoms with Gasteiger partial charge in [-0.2, -0.15) is 0 Å². The summed E-state index contributed by atoms with van der Waals surface area (Å²) in [6.07, 6.45) is 8.59. The minimum absolute atomic E-state index is 0.135. The fraction of sp³-hybridized carbons (Fsp3) is 0.560. The minimum atomic E-state index is -0.450. The number of hydrogen-bond acceptors (Lipinski definition) is 4. The molecule has 0 radical (unpaired) electrons. The lowest BCUT2D eigenvalue weighted by Gasteiger charge is -2.34. The van der Waals surface area contributed by atoms with E-state index in [1.54, 1.807) is 4.90 Å². The second-order valence-electron chi connectivity index (χ2n) is 9.53. The highest BCUT2D eigenvalue weighted by molar-refractivity contribution is 6.00. The van der Waals surface area contributed by atoms with E-state index in [1.807, 2.05) is 13.2 Å². The van der Waals surface area contributed by atoms with Gasteiger partial charge >= 0.3 is 0 Å². The summed E-state index contributed by atoms with van der Waals surface area (Å²) >= 11 is 0. The Labute approximate surface area is 180 Å². The van der Waals surface area contributed by atoms with Gasteiger partial charge in [-0.25, -0.2) is 9.97 Å². The monoisotopic (exact) mass is 406 g/mol. The van der Waals surface area contributed by atoms with Crippen molar-refractivity contribution in [2.24, 2.45) is 5.41 Å². The number of nitrogens with zero attached hydrogens (tertiary/aromatic N) is 4. The molecule has 5 heteroatoms. The van der Waals surface area contributed by atoms with Crippen molar-refractivity contribution >= 4 is 17.4 Å². The zero-order chi connectivity index (χ0) is 21.3. The molecule has 1 saturated carbocycles. The zero-order valence-corrected chi connectivity index (χ0v) is 18.8. The van der Waals surface area contributed by atoms with Crippen LogP contribution >= 0.6 is 0 Å². The first-order valence-electron chi connectivity index (χ1n) is 11.4. The van der Waals surface area contributed by atoms with Crippen LogP contribution in [0.1, 0.15) is 70.2 Å². The normalized spacial score (nSPS) is 20.2. The third-order valence-corrected chi connectivity index (χ3v) is 6.84. The van der Waals surface area contributed by atoms with Gasteiger partial charge in [0.2, 0.25) is 5.91 Å². The lowest BCUT2D eigenvalue weighted by atomic mass is 9.91. The van der Waals surface area contributed by atoms with Gasteiger partial charge in [-0.3, -0.25) is 4.79 Å². The molecular weight excluding hydrogens is 372 g/mol. The van der Waals surface area contributed by atoms with E-state index in [1.165, 1.54) is 31.2 Å². The molecule has 160 valence electrons. The lowest BCUT2D eigenvalue weighted by molar-refractivity contribution is -0.125. The van der Waals surface area contributed by atoms with Crippen molar-refractivity contribution in [3.05, 3.63) is 47.9 Å². The standard InChI is InChI=1S/C25H34N4O/c1-5-18(19-11-7-6-8-12-19)15-22-26-16-21-23(27-22)29(20-13-9-10-14-20)17-25(2,3)24(30)28(21)4/h6-8,11-12,16,18,20H,5,9-10,13-15,17H2,1-4H3/t18-/m1/s1. The molecule has 2 aliphatic rings. The van der Waals surface area contributed by atoms with E-state index in [9.17, 15) is 4.79 Å². The third-order valence-electron chi connectivity index (χ3n) is 6.84. The van der Waals surface area contributed by atoms with Crippen LogP contribution in [-0.4, -0.2) is 35.5 Å². The summed E-state index contributed by atoms with van der Waals surface area (Å²) in [6.45, 7) is 7.04. The first-order chi connectivity index (χ1) is 14.4. The zero-order valence-electron chi connectivity index (χ0n) is 18.8. The van der Waals surface area contributed by atoms with E-state index in [-0.39, 0.29) is 5.91 Å². The number of amides is 1. The smallest absolute Gasteiger partial charge is 0.234 e. The Balaban J connectivity index is 1.71. The largest absolute Gasteiger partial charge is 0.351 e. The molecule has 1 aliphatic heterocycles. The van der Waals surface area contributed by atoms with Crippen LogP contribution in [0.15, 0.2) is 36.5 Å². The second-order valence-corrected chi connectivity index (χ2v) is 9.53. The van der Waals surface area contributed by atoms with Crippen molar-refractivity contribution in [2.75, 3.05) is 23.4 Å². The van der Waals surface area contributed by atoms with Gasteiger partial charge in [0, 0.05) is 26.1 Å². The SMILES string of the molecule is CC[C@H](Cc1ncc2c(n1)N(C1CCCC1)CC(C)(C)C(=O)N2C)c1ccccc1. The number of fused-ring (bicyclic) bond motifs is 1. The molecule has 0 unspecified atom stereocenters. The molecule has 5 nitrogen and oxygen atoms in total. The number of hydrogen-bond donors (Lipinski definition) is 0. The molecule has 4 rings (SSSR count). The Bertz CT molecular complexity index is 889. The molecule has 0 spiro atoms. The minimum Gasteiger partial charge on any atom is -0.351 e. The van der Waals surface area contributed by atoms with Crippen LogP contribution in [-0.2, 0) is 11.2 Å². The molecule has 0 saturated heterocycles. The van der Waals surface area contributed by atoms with E-state index >= 15 is 0 Å². The molecule has 1 aliphatic carbocycles. The van der Waals surface area contributed by atoms with Gasteiger partial charge in [0.05, 0.1) is 11.6 Å². The first-order valence-corrected chi connectivity index (χ1v) is 11.4. The Morgan fingerprint density at radius 3 is 2.53 bits per heavy atom. The second kappa shape index (κ2) is 8.37. The average molecular weight is 407 g/mol. The summed E-state index contributed by atoms with van der Waals surface area (Å²) < 4.78 is 0. The Hall–Kier alpha value is -2.43. The molecule has 1 fully saturated rings. The van der Waals surface area contributed by atoms with Crippen molar-refractivity contribution in [3.8, 4) is 0 Å². The summed E-state index contributed by atoms with van der Waals surface area (Å²) in [4.78, 5) is 27.1. The highest BCUT2D eigenvalue weighted by Crippen LogP contribution is 2.40. The predicted molar refractivity (Wildman–Crippen MR) is 122 cm³/mol. The topological polar surface area (TPSA) is 49.3 Å². The first kappa shape index (κ1) is 20.8. The molecular formula is C25H34N4O. The van der Waals surface area contributed by atoms with Crippen LogP contribution in [0.2, 0.25) is 0 Å². The Morgan fingerprint density at radius 2 is 1.87 bits per heavy atom. The fourth-order valence-electron chi connectivity index (χ4n) is 5.04. The van der Waals surface area contributed by atoms with Crippen LogP contribution in [0.25, 0.3) is 0 Å². The quantitative estimate of drug-likeness (QED) is 0.704. The van der Waals surface area contributed by atoms with Crippen LogP contribution < -0.4 is 9.80 Å². The molecule has 2 heterocycles. The van der Waals surface area contributed by atoms with Gasteiger partial charge in [-0.05, 0) is 44.6 Å². The van der Waals surface area contributed by atoms with Crippen molar-refractivity contribution < 1.29 is 4.79 Å². The Kier molecular flexibility index (Phi) is 5.81. The van der Waals surface area contributed by atoms with E-state index in [0.29, 0.717) is 18.5 Å². The van der Waals surface area contributed by atoms with E-state index in [4.69, 9.17) is 9.97 Å².